The van der Waals surface area contributed by atoms with Crippen molar-refractivity contribution in [2.45, 2.75) is 38.6 Å². The molecule has 0 saturated heterocycles. The quantitative estimate of drug-likeness (QED) is 0.842. The lowest BCUT2D eigenvalue weighted by Gasteiger charge is -2.26. The highest BCUT2D eigenvalue weighted by atomic mass is 16.5. The number of nitrogens with two attached hydrogens (primary N) is 1. The van der Waals surface area contributed by atoms with E-state index in [9.17, 15) is 0 Å². The third kappa shape index (κ3) is 3.64. The van der Waals surface area contributed by atoms with Gasteiger partial charge in [-0.05, 0) is 50.7 Å². The fraction of sp³-hybridized carbons (Fsp3) is 0.600. The zero-order chi connectivity index (χ0) is 12.8. The molecule has 1 aliphatic rings. The fourth-order valence-corrected chi connectivity index (χ4v) is 2.54. The number of benzene rings is 1. The van der Waals surface area contributed by atoms with Crippen molar-refractivity contribution in [1.82, 2.24) is 0 Å². The Kier molecular flexibility index (Phi) is 4.88. The van der Waals surface area contributed by atoms with Crippen LogP contribution in [-0.2, 0) is 0 Å². The van der Waals surface area contributed by atoms with Crippen LogP contribution in [0.3, 0.4) is 0 Å². The van der Waals surface area contributed by atoms with E-state index in [0.29, 0.717) is 12.6 Å². The van der Waals surface area contributed by atoms with Crippen LogP contribution in [-0.4, -0.2) is 19.2 Å². The molecule has 0 atom stereocenters. The summed E-state index contributed by atoms with van der Waals surface area (Å²) in [5.41, 5.74) is 7.03. The molecule has 1 aromatic rings. The zero-order valence-corrected chi connectivity index (χ0v) is 11.2. The molecule has 0 aromatic heterocycles. The molecule has 3 heteroatoms. The summed E-state index contributed by atoms with van der Waals surface area (Å²) in [5, 5.41) is 3.52. The minimum absolute atomic E-state index is 0.428. The van der Waals surface area contributed by atoms with Gasteiger partial charge in [0.2, 0.25) is 0 Å². The lowest BCUT2D eigenvalue weighted by Crippen LogP contribution is -2.29. The Morgan fingerprint density at radius 3 is 2.67 bits per heavy atom. The Hall–Kier alpha value is -1.22. The van der Waals surface area contributed by atoms with Gasteiger partial charge >= 0.3 is 0 Å². The van der Waals surface area contributed by atoms with Gasteiger partial charge in [-0.25, -0.2) is 0 Å². The third-order valence-electron chi connectivity index (χ3n) is 3.66. The van der Waals surface area contributed by atoms with E-state index in [2.05, 4.69) is 11.4 Å². The number of hydrogen-bond acceptors (Lipinski definition) is 3. The highest BCUT2D eigenvalue weighted by Crippen LogP contribution is 2.27. The second-order valence-electron chi connectivity index (χ2n) is 5.09. The minimum atomic E-state index is 0.428. The summed E-state index contributed by atoms with van der Waals surface area (Å²) < 4.78 is 5.61. The molecule has 3 N–H and O–H groups in total. The SMILES string of the molecule is CCOc1ccccc1NCC1CCC(N)CC1. The lowest BCUT2D eigenvalue weighted by atomic mass is 9.86. The van der Waals surface area contributed by atoms with Crippen molar-refractivity contribution in [3.8, 4) is 5.75 Å². The van der Waals surface area contributed by atoms with E-state index < -0.39 is 0 Å². The van der Waals surface area contributed by atoms with Gasteiger partial charge in [-0.2, -0.15) is 0 Å². The summed E-state index contributed by atoms with van der Waals surface area (Å²) in [4.78, 5) is 0. The van der Waals surface area contributed by atoms with Gasteiger partial charge in [0.25, 0.3) is 0 Å². The summed E-state index contributed by atoms with van der Waals surface area (Å²) in [5.74, 6) is 1.70. The number of ether oxygens (including phenoxy) is 1. The molecule has 2 rings (SSSR count). The number of nitrogens with one attached hydrogen (secondary N) is 1. The maximum absolute atomic E-state index is 5.93. The molecule has 18 heavy (non-hydrogen) atoms. The van der Waals surface area contributed by atoms with Gasteiger partial charge in [0.05, 0.1) is 12.3 Å². The molecule has 1 aliphatic carbocycles. The Labute approximate surface area is 110 Å². The largest absolute Gasteiger partial charge is 0.492 e. The summed E-state index contributed by atoms with van der Waals surface area (Å²) in [6.07, 6.45) is 4.81. The number of hydrogen-bond donors (Lipinski definition) is 2. The fourth-order valence-electron chi connectivity index (χ4n) is 2.54. The standard InChI is InChI=1S/C15H24N2O/c1-2-18-15-6-4-3-5-14(15)17-11-12-7-9-13(16)10-8-12/h3-6,12-13,17H,2,7-11,16H2,1H3. The summed E-state index contributed by atoms with van der Waals surface area (Å²) in [6, 6.07) is 8.58. The first-order valence-electron chi connectivity index (χ1n) is 7.01. The van der Waals surface area contributed by atoms with Gasteiger partial charge in [-0.1, -0.05) is 12.1 Å². The first kappa shape index (κ1) is 13.2. The second-order valence-corrected chi connectivity index (χ2v) is 5.09. The molecule has 0 heterocycles. The van der Waals surface area contributed by atoms with Crippen molar-refractivity contribution >= 4 is 5.69 Å². The molecule has 1 fully saturated rings. The average molecular weight is 248 g/mol. The first-order chi connectivity index (χ1) is 8.79. The van der Waals surface area contributed by atoms with Crippen LogP contribution in [0.5, 0.6) is 5.75 Å². The van der Waals surface area contributed by atoms with Crippen LogP contribution >= 0.6 is 0 Å². The molecule has 1 aromatic carbocycles. The van der Waals surface area contributed by atoms with E-state index in [1.807, 2.05) is 25.1 Å². The van der Waals surface area contributed by atoms with Crippen molar-refractivity contribution in [3.63, 3.8) is 0 Å². The van der Waals surface area contributed by atoms with Crippen molar-refractivity contribution in [1.29, 1.82) is 0 Å². The van der Waals surface area contributed by atoms with E-state index in [0.717, 1.165) is 23.9 Å². The van der Waals surface area contributed by atoms with Crippen LogP contribution in [0.25, 0.3) is 0 Å². The molecule has 0 aliphatic heterocycles. The van der Waals surface area contributed by atoms with E-state index in [1.54, 1.807) is 0 Å². The van der Waals surface area contributed by atoms with E-state index in [1.165, 1.54) is 25.7 Å². The third-order valence-corrected chi connectivity index (χ3v) is 3.66. The molecule has 3 nitrogen and oxygen atoms in total. The summed E-state index contributed by atoms with van der Waals surface area (Å²) in [6.45, 7) is 3.74. The zero-order valence-electron chi connectivity index (χ0n) is 11.2. The molecular formula is C15H24N2O. The Balaban J connectivity index is 1.86. The van der Waals surface area contributed by atoms with Crippen molar-refractivity contribution in [3.05, 3.63) is 24.3 Å². The summed E-state index contributed by atoms with van der Waals surface area (Å²) >= 11 is 0. The Bertz CT molecular complexity index is 359. The van der Waals surface area contributed by atoms with Gasteiger partial charge in [0.1, 0.15) is 5.75 Å². The molecule has 100 valence electrons. The lowest BCUT2D eigenvalue weighted by molar-refractivity contribution is 0.333. The maximum Gasteiger partial charge on any atom is 0.142 e. The number of rotatable bonds is 5. The molecule has 0 amide bonds. The van der Waals surface area contributed by atoms with E-state index in [4.69, 9.17) is 10.5 Å². The van der Waals surface area contributed by atoms with Crippen LogP contribution in [0.1, 0.15) is 32.6 Å². The molecule has 0 bridgehead atoms. The van der Waals surface area contributed by atoms with Crippen LogP contribution in [0.4, 0.5) is 5.69 Å². The van der Waals surface area contributed by atoms with Crippen molar-refractivity contribution in [2.24, 2.45) is 11.7 Å². The van der Waals surface area contributed by atoms with Gasteiger partial charge in [-0.3, -0.25) is 0 Å². The second kappa shape index (κ2) is 6.64. The van der Waals surface area contributed by atoms with Gasteiger partial charge in [0, 0.05) is 12.6 Å². The van der Waals surface area contributed by atoms with E-state index in [-0.39, 0.29) is 0 Å². The van der Waals surface area contributed by atoms with Gasteiger partial charge < -0.3 is 15.8 Å². The van der Waals surface area contributed by atoms with Crippen LogP contribution in [0, 0.1) is 5.92 Å². The minimum Gasteiger partial charge on any atom is -0.492 e. The molecule has 0 unspecified atom stereocenters. The highest BCUT2D eigenvalue weighted by Gasteiger charge is 2.18. The molecule has 0 spiro atoms. The Morgan fingerprint density at radius 1 is 1.22 bits per heavy atom. The smallest absolute Gasteiger partial charge is 0.142 e. The topological polar surface area (TPSA) is 47.3 Å². The first-order valence-corrected chi connectivity index (χ1v) is 7.01. The van der Waals surface area contributed by atoms with Gasteiger partial charge in [-0.15, -0.1) is 0 Å². The Morgan fingerprint density at radius 2 is 1.94 bits per heavy atom. The summed E-state index contributed by atoms with van der Waals surface area (Å²) in [7, 11) is 0. The number of anilines is 1. The van der Waals surface area contributed by atoms with E-state index >= 15 is 0 Å². The van der Waals surface area contributed by atoms with Crippen LogP contribution in [0.2, 0.25) is 0 Å². The predicted molar refractivity (Wildman–Crippen MR) is 76.0 cm³/mol. The molecule has 0 radical (unpaired) electrons. The highest BCUT2D eigenvalue weighted by molar-refractivity contribution is 5.56. The number of para-hydroxylation sites is 2. The predicted octanol–water partition coefficient (Wildman–Crippen LogP) is 3.01. The molecule has 1 saturated carbocycles. The monoisotopic (exact) mass is 248 g/mol. The normalized spacial score (nSPS) is 23.7. The maximum atomic E-state index is 5.93. The van der Waals surface area contributed by atoms with Crippen molar-refractivity contribution in [2.75, 3.05) is 18.5 Å². The van der Waals surface area contributed by atoms with Crippen LogP contribution in [0.15, 0.2) is 24.3 Å². The van der Waals surface area contributed by atoms with Crippen LogP contribution < -0.4 is 15.8 Å². The average Bonchev–Trinajstić information content (AvgIpc) is 2.40. The van der Waals surface area contributed by atoms with Gasteiger partial charge in [0.15, 0.2) is 0 Å². The van der Waals surface area contributed by atoms with Crippen molar-refractivity contribution < 1.29 is 4.74 Å². The molecular weight excluding hydrogens is 224 g/mol.